The van der Waals surface area contributed by atoms with Crippen LogP contribution in [0.25, 0.3) is 16.8 Å². The summed E-state index contributed by atoms with van der Waals surface area (Å²) in [6.45, 7) is 0. The fraction of sp³-hybridized carbons (Fsp3) is 0.0556. The molecule has 2 heterocycles. The van der Waals surface area contributed by atoms with Gasteiger partial charge in [0.05, 0.1) is 0 Å². The molecule has 27 heavy (non-hydrogen) atoms. The molecule has 0 saturated heterocycles. The highest BCUT2D eigenvalue weighted by Crippen LogP contribution is 2.34. The van der Waals surface area contributed by atoms with E-state index in [9.17, 15) is 17.6 Å². The average molecular weight is 374 g/mol. The second kappa shape index (κ2) is 6.35. The van der Waals surface area contributed by atoms with E-state index in [0.29, 0.717) is 15.6 Å². The minimum Gasteiger partial charge on any atom is -0.437 e. The molecule has 0 N–H and O–H groups in total. The number of rotatable bonds is 3. The summed E-state index contributed by atoms with van der Waals surface area (Å²) in [4.78, 5) is 0. The van der Waals surface area contributed by atoms with Gasteiger partial charge < -0.3 is 4.74 Å². The van der Waals surface area contributed by atoms with E-state index in [4.69, 9.17) is 4.74 Å². The number of nitrogens with zero attached hydrogens (tertiary/aromatic N) is 4. The smallest absolute Gasteiger partial charge is 0.437 e. The molecule has 9 heteroatoms. The summed E-state index contributed by atoms with van der Waals surface area (Å²) >= 11 is 0. The highest BCUT2D eigenvalue weighted by atomic mass is 19.4. The zero-order valence-corrected chi connectivity index (χ0v) is 13.5. The Bertz CT molecular complexity index is 1110. The van der Waals surface area contributed by atoms with Crippen molar-refractivity contribution in [3.05, 3.63) is 72.3 Å². The van der Waals surface area contributed by atoms with Gasteiger partial charge in [0, 0.05) is 11.6 Å². The number of halogens is 4. The first-order chi connectivity index (χ1) is 12.9. The van der Waals surface area contributed by atoms with Crippen molar-refractivity contribution < 1.29 is 22.3 Å². The van der Waals surface area contributed by atoms with Crippen molar-refractivity contribution in [2.75, 3.05) is 0 Å². The van der Waals surface area contributed by atoms with Gasteiger partial charge in [0.15, 0.2) is 5.65 Å². The zero-order valence-electron chi connectivity index (χ0n) is 13.5. The molecule has 0 atom stereocenters. The molecular formula is C18H10F4N4O. The largest absolute Gasteiger partial charge is 0.453 e. The summed E-state index contributed by atoms with van der Waals surface area (Å²) < 4.78 is 58.9. The van der Waals surface area contributed by atoms with Crippen molar-refractivity contribution in [3.8, 4) is 22.8 Å². The molecule has 0 saturated carbocycles. The third kappa shape index (κ3) is 3.31. The Morgan fingerprint density at radius 1 is 0.889 bits per heavy atom. The van der Waals surface area contributed by atoms with Crippen molar-refractivity contribution in [2.24, 2.45) is 0 Å². The van der Waals surface area contributed by atoms with Gasteiger partial charge in [0.25, 0.3) is 5.82 Å². The molecule has 2 aromatic heterocycles. The lowest BCUT2D eigenvalue weighted by molar-refractivity contribution is -0.146. The quantitative estimate of drug-likeness (QED) is 0.486. The molecule has 2 aromatic carbocycles. The van der Waals surface area contributed by atoms with E-state index in [2.05, 4.69) is 15.3 Å². The highest BCUT2D eigenvalue weighted by molar-refractivity contribution is 5.70. The lowest BCUT2D eigenvalue weighted by atomic mass is 10.0. The van der Waals surface area contributed by atoms with Crippen LogP contribution in [-0.2, 0) is 6.18 Å². The number of fused-ring (bicyclic) bond motifs is 1. The van der Waals surface area contributed by atoms with Gasteiger partial charge in [-0.1, -0.05) is 30.3 Å². The molecular weight excluding hydrogens is 364 g/mol. The maximum atomic E-state index is 13.7. The third-order valence-electron chi connectivity index (χ3n) is 3.73. The van der Waals surface area contributed by atoms with Crippen LogP contribution in [0.1, 0.15) is 5.82 Å². The number of alkyl halides is 3. The SMILES string of the molecule is Fc1ccc(Oc2ccc3nnc(C(F)(F)F)n3n2)c(-c2ccccc2)c1. The van der Waals surface area contributed by atoms with Crippen LogP contribution in [0.15, 0.2) is 60.7 Å². The molecule has 4 aromatic rings. The molecule has 0 aliphatic carbocycles. The molecule has 0 bridgehead atoms. The Morgan fingerprint density at radius 3 is 2.41 bits per heavy atom. The van der Waals surface area contributed by atoms with Crippen LogP contribution in [0.2, 0.25) is 0 Å². The molecule has 0 radical (unpaired) electrons. The lowest BCUT2D eigenvalue weighted by Gasteiger charge is -2.11. The van der Waals surface area contributed by atoms with Gasteiger partial charge in [-0.2, -0.15) is 17.7 Å². The van der Waals surface area contributed by atoms with Crippen molar-refractivity contribution in [2.45, 2.75) is 6.18 Å². The topological polar surface area (TPSA) is 52.3 Å². The predicted octanol–water partition coefficient (Wildman–Crippen LogP) is 4.74. The van der Waals surface area contributed by atoms with Crippen LogP contribution in [0, 0.1) is 5.82 Å². The van der Waals surface area contributed by atoms with Crippen LogP contribution in [0.5, 0.6) is 11.6 Å². The fourth-order valence-corrected chi connectivity index (χ4v) is 2.55. The number of hydrogen-bond acceptors (Lipinski definition) is 4. The maximum absolute atomic E-state index is 13.7. The van der Waals surface area contributed by atoms with Gasteiger partial charge in [0.2, 0.25) is 5.88 Å². The van der Waals surface area contributed by atoms with Crippen molar-refractivity contribution in [1.29, 1.82) is 0 Å². The maximum Gasteiger partial charge on any atom is 0.453 e. The Hall–Kier alpha value is -3.49. The average Bonchev–Trinajstić information content (AvgIpc) is 3.07. The molecule has 5 nitrogen and oxygen atoms in total. The minimum absolute atomic E-state index is 0.0722. The molecule has 0 aliphatic heterocycles. The summed E-state index contributed by atoms with van der Waals surface area (Å²) in [5.41, 5.74) is 1.06. The monoisotopic (exact) mass is 374 g/mol. The summed E-state index contributed by atoms with van der Waals surface area (Å²) in [6, 6.07) is 15.4. The van der Waals surface area contributed by atoms with Gasteiger partial charge in [-0.05, 0) is 29.8 Å². The number of benzene rings is 2. The normalized spacial score (nSPS) is 11.7. The molecule has 0 unspecified atom stereocenters. The standard InChI is InChI=1S/C18H10F4N4O/c19-12-6-7-14(13(10-12)11-4-2-1-3-5-11)27-16-9-8-15-23-24-17(18(20,21)22)26(15)25-16/h1-10H. The third-order valence-corrected chi connectivity index (χ3v) is 3.73. The van der Waals surface area contributed by atoms with E-state index in [-0.39, 0.29) is 17.3 Å². The van der Waals surface area contributed by atoms with Gasteiger partial charge in [-0.15, -0.1) is 15.3 Å². The van der Waals surface area contributed by atoms with Crippen LogP contribution < -0.4 is 4.74 Å². The molecule has 0 amide bonds. The van der Waals surface area contributed by atoms with Gasteiger partial charge >= 0.3 is 6.18 Å². The summed E-state index contributed by atoms with van der Waals surface area (Å²) in [5.74, 6) is -1.60. The second-order valence-electron chi connectivity index (χ2n) is 5.57. The van der Waals surface area contributed by atoms with Crippen LogP contribution >= 0.6 is 0 Å². The summed E-state index contributed by atoms with van der Waals surface area (Å²) in [5, 5.41) is 10.4. The first-order valence-corrected chi connectivity index (χ1v) is 7.74. The minimum atomic E-state index is -4.71. The van der Waals surface area contributed by atoms with Crippen molar-refractivity contribution in [1.82, 2.24) is 19.8 Å². The van der Waals surface area contributed by atoms with E-state index in [1.54, 1.807) is 24.3 Å². The first kappa shape index (κ1) is 17.0. The molecule has 136 valence electrons. The first-order valence-electron chi connectivity index (χ1n) is 7.74. The Kier molecular flexibility index (Phi) is 3.98. The fourth-order valence-electron chi connectivity index (χ4n) is 2.55. The molecule has 0 aliphatic rings. The molecule has 4 rings (SSSR count). The number of hydrogen-bond donors (Lipinski definition) is 0. The number of ether oxygens (including phenoxy) is 1. The molecule has 0 fully saturated rings. The van der Waals surface area contributed by atoms with Gasteiger partial charge in [-0.25, -0.2) is 4.39 Å². The molecule has 0 spiro atoms. The van der Waals surface area contributed by atoms with E-state index < -0.39 is 17.8 Å². The van der Waals surface area contributed by atoms with Crippen molar-refractivity contribution >= 4 is 5.65 Å². The summed E-state index contributed by atoms with van der Waals surface area (Å²) in [7, 11) is 0. The number of aromatic nitrogens is 4. The predicted molar refractivity (Wildman–Crippen MR) is 87.7 cm³/mol. The van der Waals surface area contributed by atoms with Crippen LogP contribution in [0.3, 0.4) is 0 Å². The van der Waals surface area contributed by atoms with Crippen molar-refractivity contribution in [3.63, 3.8) is 0 Å². The van der Waals surface area contributed by atoms with Crippen LogP contribution in [0.4, 0.5) is 17.6 Å². The van der Waals surface area contributed by atoms with E-state index in [1.807, 2.05) is 6.07 Å². The van der Waals surface area contributed by atoms with E-state index >= 15 is 0 Å². The van der Waals surface area contributed by atoms with Gasteiger partial charge in [0.1, 0.15) is 11.6 Å². The Balaban J connectivity index is 1.77. The zero-order chi connectivity index (χ0) is 19.0. The van der Waals surface area contributed by atoms with Crippen LogP contribution in [-0.4, -0.2) is 19.8 Å². The lowest BCUT2D eigenvalue weighted by Crippen LogP contribution is -2.12. The van der Waals surface area contributed by atoms with Gasteiger partial charge in [-0.3, -0.25) is 0 Å². The second-order valence-corrected chi connectivity index (χ2v) is 5.57. The Labute approximate surface area is 149 Å². The Morgan fingerprint density at radius 2 is 1.67 bits per heavy atom. The van der Waals surface area contributed by atoms with E-state index in [1.165, 1.54) is 30.3 Å². The summed E-state index contributed by atoms with van der Waals surface area (Å²) in [6.07, 6.45) is -4.71. The highest BCUT2D eigenvalue weighted by Gasteiger charge is 2.37. The van der Waals surface area contributed by atoms with E-state index in [0.717, 1.165) is 0 Å².